The van der Waals surface area contributed by atoms with Crippen LogP contribution >= 0.6 is 11.3 Å². The van der Waals surface area contributed by atoms with E-state index in [2.05, 4.69) is 4.98 Å². The van der Waals surface area contributed by atoms with Crippen molar-refractivity contribution in [2.45, 2.75) is 19.3 Å². The molecule has 2 heterocycles. The van der Waals surface area contributed by atoms with Crippen LogP contribution in [-0.2, 0) is 17.9 Å². The van der Waals surface area contributed by atoms with Crippen LogP contribution in [0.2, 0.25) is 0 Å². The number of hydrogen-bond acceptors (Lipinski definition) is 5. The monoisotopic (exact) mass is 334 g/mol. The molecule has 3 rings (SSSR count). The zero-order valence-electron chi connectivity index (χ0n) is 12.2. The van der Waals surface area contributed by atoms with Crippen LogP contribution < -0.4 is 5.56 Å². The molecule has 0 aliphatic carbocycles. The number of aliphatic hydroxyl groups is 1. The number of ether oxygens (including phenoxy) is 1. The zero-order chi connectivity index (χ0) is 16.2. The summed E-state index contributed by atoms with van der Waals surface area (Å²) in [6, 6.07) is 8.09. The van der Waals surface area contributed by atoms with Crippen LogP contribution in [0.25, 0.3) is 10.2 Å². The predicted molar refractivity (Wildman–Crippen MR) is 85.9 cm³/mol. The fourth-order valence-electron chi connectivity index (χ4n) is 2.21. The molecule has 5 nitrogen and oxygen atoms in total. The number of halogens is 1. The van der Waals surface area contributed by atoms with Crippen molar-refractivity contribution in [1.29, 1.82) is 0 Å². The highest BCUT2D eigenvalue weighted by Crippen LogP contribution is 2.13. The third kappa shape index (κ3) is 3.64. The number of hydrogen-bond donors (Lipinski definition) is 1. The van der Waals surface area contributed by atoms with Gasteiger partial charge in [-0.3, -0.25) is 9.36 Å². The molecule has 0 radical (unpaired) electrons. The van der Waals surface area contributed by atoms with E-state index < -0.39 is 6.10 Å². The lowest BCUT2D eigenvalue weighted by Gasteiger charge is -2.13. The molecule has 3 aromatic rings. The van der Waals surface area contributed by atoms with E-state index in [-0.39, 0.29) is 31.1 Å². The van der Waals surface area contributed by atoms with Gasteiger partial charge in [-0.25, -0.2) is 9.37 Å². The van der Waals surface area contributed by atoms with E-state index in [0.717, 1.165) is 0 Å². The molecule has 0 fully saturated rings. The van der Waals surface area contributed by atoms with E-state index in [1.54, 1.807) is 29.6 Å². The lowest BCUT2D eigenvalue weighted by atomic mass is 10.2. The Labute approximate surface area is 135 Å². The molecule has 1 aromatic carbocycles. The Hall–Kier alpha value is -2.09. The second kappa shape index (κ2) is 6.99. The summed E-state index contributed by atoms with van der Waals surface area (Å²) in [6.07, 6.45) is 0.538. The first-order valence-electron chi connectivity index (χ1n) is 7.07. The Morgan fingerprint density at radius 2 is 2.17 bits per heavy atom. The van der Waals surface area contributed by atoms with E-state index in [0.29, 0.717) is 15.8 Å². The summed E-state index contributed by atoms with van der Waals surface area (Å²) >= 11 is 1.32. The molecule has 0 saturated carbocycles. The first kappa shape index (κ1) is 15.8. The zero-order valence-corrected chi connectivity index (χ0v) is 13.0. The summed E-state index contributed by atoms with van der Waals surface area (Å²) < 4.78 is 20.7. The van der Waals surface area contributed by atoms with Gasteiger partial charge < -0.3 is 9.84 Å². The van der Waals surface area contributed by atoms with E-state index >= 15 is 0 Å². The van der Waals surface area contributed by atoms with Crippen molar-refractivity contribution in [1.82, 2.24) is 9.55 Å². The largest absolute Gasteiger partial charge is 0.389 e. The Morgan fingerprint density at radius 1 is 1.35 bits per heavy atom. The summed E-state index contributed by atoms with van der Waals surface area (Å²) in [7, 11) is 0. The number of nitrogens with zero attached hydrogens (tertiary/aromatic N) is 2. The summed E-state index contributed by atoms with van der Waals surface area (Å²) in [5.41, 5.74) is 0.901. The third-order valence-electron chi connectivity index (χ3n) is 3.37. The summed E-state index contributed by atoms with van der Waals surface area (Å²) in [5.74, 6) is -0.342. The average Bonchev–Trinajstić information content (AvgIpc) is 3.01. The van der Waals surface area contributed by atoms with Crippen molar-refractivity contribution >= 4 is 21.6 Å². The first-order valence-corrected chi connectivity index (χ1v) is 7.95. The highest BCUT2D eigenvalue weighted by Gasteiger charge is 2.11. The number of aliphatic hydroxyl groups excluding tert-OH is 1. The number of rotatable bonds is 6. The first-order chi connectivity index (χ1) is 11.1. The molecule has 0 amide bonds. The van der Waals surface area contributed by atoms with Gasteiger partial charge in [0.1, 0.15) is 10.5 Å². The van der Waals surface area contributed by atoms with Gasteiger partial charge in [-0.1, -0.05) is 18.2 Å². The van der Waals surface area contributed by atoms with Crippen molar-refractivity contribution < 1.29 is 14.2 Å². The van der Waals surface area contributed by atoms with Gasteiger partial charge in [0.05, 0.1) is 37.7 Å². The molecule has 0 bridgehead atoms. The van der Waals surface area contributed by atoms with E-state index in [9.17, 15) is 14.3 Å². The SMILES string of the molecule is O=c1c2sccc2ncn1C[C@@H](O)COCc1ccccc1F. The van der Waals surface area contributed by atoms with Gasteiger partial charge in [-0.2, -0.15) is 0 Å². The average molecular weight is 334 g/mol. The molecule has 1 N–H and O–H groups in total. The Balaban J connectivity index is 1.58. The fraction of sp³-hybridized carbons (Fsp3) is 0.250. The summed E-state index contributed by atoms with van der Waals surface area (Å²) in [6.45, 7) is 0.154. The molecule has 1 atom stereocenters. The Bertz CT molecular complexity index is 862. The minimum atomic E-state index is -0.876. The molecule has 120 valence electrons. The lowest BCUT2D eigenvalue weighted by Crippen LogP contribution is -2.29. The fourth-order valence-corrected chi connectivity index (χ4v) is 3.00. The molecular weight excluding hydrogens is 319 g/mol. The topological polar surface area (TPSA) is 64.4 Å². The van der Waals surface area contributed by atoms with E-state index in [4.69, 9.17) is 4.74 Å². The van der Waals surface area contributed by atoms with E-state index in [1.165, 1.54) is 28.3 Å². The van der Waals surface area contributed by atoms with Crippen LogP contribution in [0.4, 0.5) is 4.39 Å². The predicted octanol–water partition coefficient (Wildman–Crippen LogP) is 2.17. The van der Waals surface area contributed by atoms with Gasteiger partial charge in [0, 0.05) is 5.56 Å². The van der Waals surface area contributed by atoms with Crippen molar-refractivity contribution in [3.8, 4) is 0 Å². The normalized spacial score (nSPS) is 12.6. The van der Waals surface area contributed by atoms with Crippen LogP contribution in [-0.4, -0.2) is 27.4 Å². The third-order valence-corrected chi connectivity index (χ3v) is 4.26. The minimum Gasteiger partial charge on any atom is -0.389 e. The van der Waals surface area contributed by atoms with Crippen LogP contribution in [0, 0.1) is 5.82 Å². The molecule has 0 saturated heterocycles. The molecule has 0 spiro atoms. The Morgan fingerprint density at radius 3 is 3.00 bits per heavy atom. The van der Waals surface area contributed by atoms with Crippen LogP contribution in [0.3, 0.4) is 0 Å². The number of thiophene rings is 1. The molecular formula is C16H15FN2O3S. The Kier molecular flexibility index (Phi) is 4.80. The standard InChI is InChI=1S/C16H15FN2O3S/c17-13-4-2-1-3-11(13)8-22-9-12(20)7-19-10-18-14-5-6-23-15(14)16(19)21/h1-6,10,12,20H,7-9H2/t12-/m1/s1. The van der Waals surface area contributed by atoms with Crippen LogP contribution in [0.15, 0.2) is 46.8 Å². The van der Waals surface area contributed by atoms with Gasteiger partial charge >= 0.3 is 0 Å². The summed E-state index contributed by atoms with van der Waals surface area (Å²) in [4.78, 5) is 16.4. The highest BCUT2D eigenvalue weighted by atomic mass is 32.1. The van der Waals surface area contributed by atoms with Crippen molar-refractivity contribution in [2.24, 2.45) is 0 Å². The molecule has 0 aliphatic rings. The molecule has 2 aromatic heterocycles. The van der Waals surface area contributed by atoms with Crippen LogP contribution in [0.5, 0.6) is 0 Å². The maximum atomic E-state index is 13.4. The summed E-state index contributed by atoms with van der Waals surface area (Å²) in [5, 5.41) is 11.8. The van der Waals surface area contributed by atoms with Gasteiger partial charge in [-0.05, 0) is 17.5 Å². The van der Waals surface area contributed by atoms with Crippen molar-refractivity contribution in [3.05, 3.63) is 63.8 Å². The smallest absolute Gasteiger partial charge is 0.271 e. The maximum Gasteiger partial charge on any atom is 0.271 e. The van der Waals surface area contributed by atoms with Crippen molar-refractivity contribution in [3.63, 3.8) is 0 Å². The molecule has 23 heavy (non-hydrogen) atoms. The number of benzene rings is 1. The van der Waals surface area contributed by atoms with Gasteiger partial charge in [0.2, 0.25) is 0 Å². The second-order valence-corrected chi connectivity index (χ2v) is 6.01. The molecule has 0 aliphatic heterocycles. The molecule has 0 unspecified atom stereocenters. The second-order valence-electron chi connectivity index (χ2n) is 5.10. The van der Waals surface area contributed by atoms with Gasteiger partial charge in [-0.15, -0.1) is 11.3 Å². The van der Waals surface area contributed by atoms with Gasteiger partial charge in [0.15, 0.2) is 0 Å². The minimum absolute atomic E-state index is 0.00323. The lowest BCUT2D eigenvalue weighted by molar-refractivity contribution is 0.0189. The number of aromatic nitrogens is 2. The van der Waals surface area contributed by atoms with E-state index in [1.807, 2.05) is 0 Å². The van der Waals surface area contributed by atoms with Crippen molar-refractivity contribution in [2.75, 3.05) is 6.61 Å². The number of fused-ring (bicyclic) bond motifs is 1. The van der Waals surface area contributed by atoms with Gasteiger partial charge in [0.25, 0.3) is 5.56 Å². The maximum absolute atomic E-state index is 13.4. The quantitative estimate of drug-likeness (QED) is 0.750. The van der Waals surface area contributed by atoms with Crippen LogP contribution in [0.1, 0.15) is 5.56 Å². The molecule has 7 heteroatoms. The highest BCUT2D eigenvalue weighted by molar-refractivity contribution is 7.17.